The van der Waals surface area contributed by atoms with Crippen LogP contribution >= 0.6 is 0 Å². The second kappa shape index (κ2) is 9.25. The molecule has 10 heteroatoms. The minimum absolute atomic E-state index is 0.0379. The number of nitrogens with one attached hydrogen (secondary N) is 1. The molecule has 0 spiro atoms. The van der Waals surface area contributed by atoms with Crippen molar-refractivity contribution >= 4 is 15.9 Å². The van der Waals surface area contributed by atoms with E-state index in [1.807, 2.05) is 25.1 Å². The van der Waals surface area contributed by atoms with Gasteiger partial charge in [-0.05, 0) is 36.2 Å². The lowest BCUT2D eigenvalue weighted by atomic mass is 10.0. The van der Waals surface area contributed by atoms with Crippen molar-refractivity contribution in [2.75, 3.05) is 40.0 Å². The summed E-state index contributed by atoms with van der Waals surface area (Å²) in [6, 6.07) is 9.67. The van der Waals surface area contributed by atoms with Crippen LogP contribution in [0.25, 0.3) is 0 Å². The van der Waals surface area contributed by atoms with E-state index in [1.54, 1.807) is 6.07 Å². The fourth-order valence-corrected chi connectivity index (χ4v) is 4.73. The highest BCUT2D eigenvalue weighted by Crippen LogP contribution is 2.34. The first-order chi connectivity index (χ1) is 15.4. The molecule has 0 saturated carbocycles. The van der Waals surface area contributed by atoms with Crippen LogP contribution in [-0.2, 0) is 14.8 Å². The van der Waals surface area contributed by atoms with Crippen LogP contribution in [0.5, 0.6) is 23.0 Å². The number of fused-ring (bicyclic) bond motifs is 2. The minimum atomic E-state index is -3.89. The molecular formula is C22H26N2O7S. The molecule has 1 amide bonds. The Hall–Kier alpha value is -2.98. The predicted octanol–water partition coefficient (Wildman–Crippen LogP) is 2.12. The van der Waals surface area contributed by atoms with Crippen LogP contribution in [0.4, 0.5) is 0 Å². The van der Waals surface area contributed by atoms with E-state index in [2.05, 4.69) is 5.32 Å². The molecule has 2 heterocycles. The number of carbonyl (C=O) groups excluding carboxylic acids is 1. The Morgan fingerprint density at radius 3 is 2.12 bits per heavy atom. The SMILES string of the molecule is CC[C@@H](NC(=O)CN(C)S(=O)(=O)c1ccc2c(c1)OCCO2)c1ccc2c(c1)OCCO2. The summed E-state index contributed by atoms with van der Waals surface area (Å²) >= 11 is 0. The summed E-state index contributed by atoms with van der Waals surface area (Å²) in [4.78, 5) is 12.7. The molecule has 0 unspecified atom stereocenters. The summed E-state index contributed by atoms with van der Waals surface area (Å²) in [7, 11) is -2.51. The smallest absolute Gasteiger partial charge is 0.243 e. The zero-order valence-corrected chi connectivity index (χ0v) is 18.8. The average Bonchev–Trinajstić information content (AvgIpc) is 2.81. The quantitative estimate of drug-likeness (QED) is 0.672. The molecule has 0 saturated heterocycles. The fourth-order valence-electron chi connectivity index (χ4n) is 3.59. The van der Waals surface area contributed by atoms with Crippen LogP contribution in [0, 0.1) is 0 Å². The van der Waals surface area contributed by atoms with Crippen molar-refractivity contribution in [3.05, 3.63) is 42.0 Å². The van der Waals surface area contributed by atoms with Gasteiger partial charge >= 0.3 is 0 Å². The number of nitrogens with zero attached hydrogens (tertiary/aromatic N) is 1. The molecule has 0 bridgehead atoms. The topological polar surface area (TPSA) is 103 Å². The number of carbonyl (C=O) groups is 1. The van der Waals surface area contributed by atoms with Crippen molar-refractivity contribution in [2.24, 2.45) is 0 Å². The average molecular weight is 463 g/mol. The van der Waals surface area contributed by atoms with Gasteiger partial charge in [-0.1, -0.05) is 13.0 Å². The van der Waals surface area contributed by atoms with Crippen molar-refractivity contribution in [1.29, 1.82) is 0 Å². The van der Waals surface area contributed by atoms with E-state index in [9.17, 15) is 13.2 Å². The third-order valence-electron chi connectivity index (χ3n) is 5.30. The van der Waals surface area contributed by atoms with Crippen molar-refractivity contribution in [2.45, 2.75) is 24.3 Å². The Morgan fingerprint density at radius 2 is 1.50 bits per heavy atom. The third-order valence-corrected chi connectivity index (χ3v) is 7.10. The zero-order chi connectivity index (χ0) is 22.7. The number of sulfonamides is 1. The molecule has 1 atom stereocenters. The first-order valence-electron chi connectivity index (χ1n) is 10.4. The highest BCUT2D eigenvalue weighted by atomic mass is 32.2. The van der Waals surface area contributed by atoms with E-state index in [1.165, 1.54) is 19.2 Å². The lowest BCUT2D eigenvalue weighted by Gasteiger charge is -2.24. The zero-order valence-electron chi connectivity index (χ0n) is 18.0. The Kier molecular flexibility index (Phi) is 6.43. The number of likely N-dealkylation sites (N-methyl/N-ethyl adjacent to an activating group) is 1. The first-order valence-corrected chi connectivity index (χ1v) is 11.9. The number of hydrogen-bond acceptors (Lipinski definition) is 7. The van der Waals surface area contributed by atoms with Crippen molar-refractivity contribution in [1.82, 2.24) is 9.62 Å². The largest absolute Gasteiger partial charge is 0.486 e. The van der Waals surface area contributed by atoms with Gasteiger partial charge in [0, 0.05) is 13.1 Å². The standard InChI is InChI=1S/C22H26N2O7S/c1-3-17(15-4-6-18-20(12-15)30-10-8-28-18)23-22(25)14-24(2)32(26,27)16-5-7-19-21(13-16)31-11-9-29-19/h4-7,12-13,17H,3,8-11,14H2,1-2H3,(H,23,25)/t17-/m1/s1. The number of benzene rings is 2. The highest BCUT2D eigenvalue weighted by Gasteiger charge is 2.26. The molecule has 9 nitrogen and oxygen atoms in total. The summed E-state index contributed by atoms with van der Waals surface area (Å²) in [6.45, 7) is 3.37. The van der Waals surface area contributed by atoms with Crippen LogP contribution in [-0.4, -0.2) is 58.7 Å². The second-order valence-electron chi connectivity index (χ2n) is 7.50. The van der Waals surface area contributed by atoms with Crippen LogP contribution in [0.1, 0.15) is 24.9 Å². The molecule has 2 aromatic rings. The van der Waals surface area contributed by atoms with Gasteiger partial charge in [-0.15, -0.1) is 0 Å². The number of rotatable bonds is 7. The Bertz CT molecular complexity index is 1100. The maximum Gasteiger partial charge on any atom is 0.243 e. The van der Waals surface area contributed by atoms with Gasteiger partial charge in [0.2, 0.25) is 15.9 Å². The van der Waals surface area contributed by atoms with E-state index >= 15 is 0 Å². The maximum absolute atomic E-state index is 13.0. The number of ether oxygens (including phenoxy) is 4. The van der Waals surface area contributed by atoms with Crippen molar-refractivity contribution in [3.8, 4) is 23.0 Å². The van der Waals surface area contributed by atoms with E-state index in [0.29, 0.717) is 55.8 Å². The summed E-state index contributed by atoms with van der Waals surface area (Å²) in [5.41, 5.74) is 0.863. The van der Waals surface area contributed by atoms with Crippen LogP contribution in [0.2, 0.25) is 0 Å². The van der Waals surface area contributed by atoms with Gasteiger partial charge < -0.3 is 24.3 Å². The maximum atomic E-state index is 13.0. The molecule has 2 aliphatic heterocycles. The molecular weight excluding hydrogens is 436 g/mol. The van der Waals surface area contributed by atoms with Gasteiger partial charge in [-0.3, -0.25) is 4.79 Å². The Labute approximate surface area is 187 Å². The van der Waals surface area contributed by atoms with Crippen LogP contribution in [0.3, 0.4) is 0 Å². The monoisotopic (exact) mass is 462 g/mol. The summed E-state index contributed by atoms with van der Waals surface area (Å²) in [5.74, 6) is 1.78. The molecule has 0 fully saturated rings. The van der Waals surface area contributed by atoms with Crippen LogP contribution in [0.15, 0.2) is 41.3 Å². The first kappa shape index (κ1) is 22.2. The second-order valence-corrected chi connectivity index (χ2v) is 9.54. The number of hydrogen-bond donors (Lipinski definition) is 1. The van der Waals surface area contributed by atoms with E-state index in [0.717, 1.165) is 9.87 Å². The highest BCUT2D eigenvalue weighted by molar-refractivity contribution is 7.89. The number of amides is 1. The molecule has 4 rings (SSSR count). The molecule has 0 aromatic heterocycles. The van der Waals surface area contributed by atoms with Gasteiger partial charge in [0.05, 0.1) is 17.5 Å². The summed E-state index contributed by atoms with van der Waals surface area (Å²) in [6.07, 6.45) is 0.629. The lowest BCUT2D eigenvalue weighted by Crippen LogP contribution is -2.39. The van der Waals surface area contributed by atoms with E-state index in [4.69, 9.17) is 18.9 Å². The lowest BCUT2D eigenvalue weighted by molar-refractivity contribution is -0.121. The minimum Gasteiger partial charge on any atom is -0.486 e. The molecule has 2 aliphatic rings. The normalized spacial score (nSPS) is 15.8. The molecule has 2 aromatic carbocycles. The van der Waals surface area contributed by atoms with E-state index < -0.39 is 15.9 Å². The molecule has 0 radical (unpaired) electrons. The van der Waals surface area contributed by atoms with Gasteiger partial charge in [0.25, 0.3) is 0 Å². The third kappa shape index (κ3) is 4.61. The van der Waals surface area contributed by atoms with Crippen molar-refractivity contribution < 1.29 is 32.2 Å². The Balaban J connectivity index is 1.43. The van der Waals surface area contributed by atoms with Gasteiger partial charge in [-0.25, -0.2) is 8.42 Å². The fraction of sp³-hybridized carbons (Fsp3) is 0.409. The molecule has 1 N–H and O–H groups in total. The van der Waals surface area contributed by atoms with Crippen LogP contribution < -0.4 is 24.3 Å². The molecule has 172 valence electrons. The summed E-state index contributed by atoms with van der Waals surface area (Å²) < 4.78 is 49.0. The Morgan fingerprint density at radius 1 is 0.938 bits per heavy atom. The molecule has 32 heavy (non-hydrogen) atoms. The molecule has 0 aliphatic carbocycles. The van der Waals surface area contributed by atoms with Gasteiger partial charge in [-0.2, -0.15) is 4.31 Å². The van der Waals surface area contributed by atoms with Gasteiger partial charge in [0.15, 0.2) is 23.0 Å². The summed E-state index contributed by atoms with van der Waals surface area (Å²) in [5, 5.41) is 2.91. The van der Waals surface area contributed by atoms with Gasteiger partial charge in [0.1, 0.15) is 26.4 Å². The van der Waals surface area contributed by atoms with E-state index in [-0.39, 0.29) is 17.5 Å². The van der Waals surface area contributed by atoms with Crippen molar-refractivity contribution in [3.63, 3.8) is 0 Å². The predicted molar refractivity (Wildman–Crippen MR) is 116 cm³/mol.